The van der Waals surface area contributed by atoms with Gasteiger partial charge < -0.3 is 14.2 Å². The van der Waals surface area contributed by atoms with Crippen molar-refractivity contribution >= 4 is 18.0 Å². The van der Waals surface area contributed by atoms with Crippen molar-refractivity contribution in [1.82, 2.24) is 5.32 Å². The maximum Gasteiger partial charge on any atom is 0.409 e. The van der Waals surface area contributed by atoms with E-state index in [9.17, 15) is 14.4 Å². The van der Waals surface area contributed by atoms with E-state index in [2.05, 4.69) is 5.32 Å². The Morgan fingerprint density at radius 3 is 1.75 bits per heavy atom. The van der Waals surface area contributed by atoms with E-state index in [0.717, 1.165) is 0 Å². The number of ether oxygens (including phenoxy) is 3. The third-order valence-corrected chi connectivity index (χ3v) is 3.06. The second kappa shape index (κ2) is 9.49. The van der Waals surface area contributed by atoms with E-state index >= 15 is 0 Å². The van der Waals surface area contributed by atoms with E-state index < -0.39 is 29.2 Å². The van der Waals surface area contributed by atoms with E-state index in [0.29, 0.717) is 6.42 Å². The van der Waals surface area contributed by atoms with Crippen molar-refractivity contribution in [1.29, 1.82) is 0 Å². The molecule has 1 amide bonds. The van der Waals surface area contributed by atoms with Gasteiger partial charge in [-0.15, -0.1) is 0 Å². The van der Waals surface area contributed by atoms with Crippen LogP contribution in [0.5, 0.6) is 0 Å². The van der Waals surface area contributed by atoms with Gasteiger partial charge in [-0.2, -0.15) is 0 Å². The van der Waals surface area contributed by atoms with Gasteiger partial charge in [-0.25, -0.2) is 14.4 Å². The average Bonchev–Trinajstić information content (AvgIpc) is 2.41. The molecule has 0 spiro atoms. The molecule has 0 aliphatic carbocycles. The van der Waals surface area contributed by atoms with E-state index in [1.165, 1.54) is 0 Å². The van der Waals surface area contributed by atoms with Crippen LogP contribution in [0.4, 0.5) is 4.79 Å². The molecule has 0 unspecified atom stereocenters. The minimum absolute atomic E-state index is 0.0710. The molecule has 0 radical (unpaired) electrons. The van der Waals surface area contributed by atoms with E-state index in [4.69, 9.17) is 14.2 Å². The molecule has 0 bridgehead atoms. The van der Waals surface area contributed by atoms with Crippen molar-refractivity contribution in [2.45, 2.75) is 72.4 Å². The summed E-state index contributed by atoms with van der Waals surface area (Å²) in [6.07, 6.45) is -0.276. The molecule has 0 fully saturated rings. The third-order valence-electron chi connectivity index (χ3n) is 3.06. The molecule has 0 aliphatic rings. The van der Waals surface area contributed by atoms with E-state index in [-0.39, 0.29) is 25.6 Å². The second-order valence-electron chi connectivity index (χ2n) is 6.91. The lowest BCUT2D eigenvalue weighted by atomic mass is 9.90. The van der Waals surface area contributed by atoms with Crippen molar-refractivity contribution < 1.29 is 28.6 Å². The number of carbonyl (C=O) groups is 3. The van der Waals surface area contributed by atoms with Gasteiger partial charge in [-0.3, -0.25) is 5.32 Å². The van der Waals surface area contributed by atoms with Crippen LogP contribution in [-0.4, -0.2) is 42.4 Å². The maximum absolute atomic E-state index is 12.5. The summed E-state index contributed by atoms with van der Waals surface area (Å²) in [6.45, 7) is 12.4. The molecule has 0 aromatic rings. The first-order valence-corrected chi connectivity index (χ1v) is 8.34. The fourth-order valence-corrected chi connectivity index (χ4v) is 1.94. The van der Waals surface area contributed by atoms with E-state index in [1.54, 1.807) is 34.6 Å². The molecule has 0 aromatic carbocycles. The van der Waals surface area contributed by atoms with Crippen molar-refractivity contribution in [3.63, 3.8) is 0 Å². The Morgan fingerprint density at radius 1 is 0.958 bits per heavy atom. The predicted molar refractivity (Wildman–Crippen MR) is 89.4 cm³/mol. The molecular weight excluding hydrogens is 314 g/mol. The molecule has 0 atom stereocenters. The lowest BCUT2D eigenvalue weighted by Gasteiger charge is -2.31. The fraction of sp³-hybridized carbons (Fsp3) is 0.824. The van der Waals surface area contributed by atoms with Gasteiger partial charge in [-0.05, 0) is 53.4 Å². The van der Waals surface area contributed by atoms with Gasteiger partial charge in [-0.1, -0.05) is 13.8 Å². The van der Waals surface area contributed by atoms with Gasteiger partial charge in [0.15, 0.2) is 0 Å². The minimum atomic E-state index is -1.90. The number of amides is 1. The monoisotopic (exact) mass is 345 g/mol. The molecule has 0 saturated heterocycles. The molecule has 0 aliphatic heterocycles. The molecule has 0 rings (SSSR count). The van der Waals surface area contributed by atoms with Crippen molar-refractivity contribution in [3.05, 3.63) is 0 Å². The number of nitrogens with one attached hydrogen (secondary N) is 1. The highest BCUT2D eigenvalue weighted by Gasteiger charge is 2.50. The summed E-state index contributed by atoms with van der Waals surface area (Å²) in [4.78, 5) is 37.2. The summed E-state index contributed by atoms with van der Waals surface area (Å²) in [5.74, 6) is -1.46. The Kier molecular flexibility index (Phi) is 8.78. The first-order chi connectivity index (χ1) is 11.0. The quantitative estimate of drug-likeness (QED) is 0.413. The Labute approximate surface area is 144 Å². The molecule has 0 saturated carbocycles. The summed E-state index contributed by atoms with van der Waals surface area (Å²) < 4.78 is 15.2. The zero-order valence-corrected chi connectivity index (χ0v) is 15.9. The van der Waals surface area contributed by atoms with Crippen LogP contribution in [0.2, 0.25) is 0 Å². The number of rotatable bonds is 8. The van der Waals surface area contributed by atoms with Gasteiger partial charge in [0.2, 0.25) is 5.54 Å². The first kappa shape index (κ1) is 22.2. The predicted octanol–water partition coefficient (Wildman–Crippen LogP) is 2.81. The van der Waals surface area contributed by atoms with Crippen LogP contribution in [0.1, 0.15) is 61.3 Å². The Balaban J connectivity index is 5.64. The highest BCUT2D eigenvalue weighted by atomic mass is 16.6. The van der Waals surface area contributed by atoms with Crippen LogP contribution in [0.15, 0.2) is 0 Å². The molecule has 1 N–H and O–H groups in total. The Morgan fingerprint density at radius 2 is 1.42 bits per heavy atom. The van der Waals surface area contributed by atoms with Crippen LogP contribution >= 0.6 is 0 Å². The molecule has 24 heavy (non-hydrogen) atoms. The highest BCUT2D eigenvalue weighted by Crippen LogP contribution is 2.22. The number of carbonyl (C=O) groups excluding carboxylic acids is 3. The standard InChI is InChI=1S/C17H31NO6/c1-8-22-13(19)17(11-10-12(3)4,14(20)23-9-2)18-15(21)24-16(5,6)7/h12H,8-11H2,1-7H3,(H,18,21). The molecular formula is C17H31NO6. The van der Waals surface area contributed by atoms with Crippen molar-refractivity contribution in [3.8, 4) is 0 Å². The summed E-state index contributed by atoms with van der Waals surface area (Å²) in [6, 6.07) is 0. The molecule has 7 heteroatoms. The third kappa shape index (κ3) is 7.19. The Bertz CT molecular complexity index is 421. The molecule has 0 aromatic heterocycles. The number of esters is 2. The summed E-state index contributed by atoms with van der Waals surface area (Å²) in [5.41, 5.74) is -2.67. The van der Waals surface area contributed by atoms with Crippen LogP contribution in [-0.2, 0) is 23.8 Å². The fourth-order valence-electron chi connectivity index (χ4n) is 1.94. The average molecular weight is 345 g/mol. The lowest BCUT2D eigenvalue weighted by Crippen LogP contribution is -2.62. The van der Waals surface area contributed by atoms with Gasteiger partial charge in [0.1, 0.15) is 5.60 Å². The zero-order chi connectivity index (χ0) is 19.0. The summed E-state index contributed by atoms with van der Waals surface area (Å²) >= 11 is 0. The molecule has 0 heterocycles. The van der Waals surface area contributed by atoms with Crippen LogP contribution in [0.25, 0.3) is 0 Å². The zero-order valence-electron chi connectivity index (χ0n) is 15.9. The number of alkyl carbamates (subject to hydrolysis) is 1. The van der Waals surface area contributed by atoms with Gasteiger partial charge in [0, 0.05) is 0 Å². The molecule has 140 valence electrons. The van der Waals surface area contributed by atoms with Crippen LogP contribution in [0, 0.1) is 5.92 Å². The van der Waals surface area contributed by atoms with Gasteiger partial charge in [0.05, 0.1) is 13.2 Å². The van der Waals surface area contributed by atoms with Crippen LogP contribution < -0.4 is 5.32 Å². The maximum atomic E-state index is 12.5. The van der Waals surface area contributed by atoms with E-state index in [1.807, 2.05) is 13.8 Å². The topological polar surface area (TPSA) is 90.9 Å². The highest BCUT2D eigenvalue weighted by molar-refractivity contribution is 6.07. The van der Waals surface area contributed by atoms with Gasteiger partial charge in [0.25, 0.3) is 0 Å². The summed E-state index contributed by atoms with van der Waals surface area (Å²) in [5, 5.41) is 2.40. The largest absolute Gasteiger partial charge is 0.464 e. The normalized spacial score (nSPS) is 11.8. The van der Waals surface area contributed by atoms with Crippen molar-refractivity contribution in [2.75, 3.05) is 13.2 Å². The SMILES string of the molecule is CCOC(=O)C(CCC(C)C)(NC(=O)OC(C)(C)C)C(=O)OCC. The number of hydrogen-bond acceptors (Lipinski definition) is 6. The minimum Gasteiger partial charge on any atom is -0.464 e. The second-order valence-corrected chi connectivity index (χ2v) is 6.91. The number of hydrogen-bond donors (Lipinski definition) is 1. The van der Waals surface area contributed by atoms with Crippen LogP contribution in [0.3, 0.4) is 0 Å². The van der Waals surface area contributed by atoms with Gasteiger partial charge >= 0.3 is 18.0 Å². The lowest BCUT2D eigenvalue weighted by molar-refractivity contribution is -0.166. The summed E-state index contributed by atoms with van der Waals surface area (Å²) in [7, 11) is 0. The van der Waals surface area contributed by atoms with Crippen molar-refractivity contribution in [2.24, 2.45) is 5.92 Å². The smallest absolute Gasteiger partial charge is 0.409 e. The molecule has 7 nitrogen and oxygen atoms in total. The first-order valence-electron chi connectivity index (χ1n) is 8.34. The Hall–Kier alpha value is -1.79.